The third-order valence-electron chi connectivity index (χ3n) is 21.3. The second-order valence-corrected chi connectivity index (χ2v) is 30.3. The van der Waals surface area contributed by atoms with E-state index in [1.807, 2.05) is 6.08 Å². The summed E-state index contributed by atoms with van der Waals surface area (Å²) in [6, 6.07) is -0.989. The van der Waals surface area contributed by atoms with Crippen molar-refractivity contribution in [1.82, 2.24) is 5.32 Å². The third kappa shape index (κ3) is 43.2. The summed E-state index contributed by atoms with van der Waals surface area (Å²) in [5, 5.41) is 121. The third-order valence-corrected chi connectivity index (χ3v) is 21.3. The number of ether oxygens (including phenoxy) is 6. The largest absolute Gasteiger partial charge is 0.394 e. The Labute approximate surface area is 613 Å². The van der Waals surface area contributed by atoms with Gasteiger partial charge in [-0.2, -0.15) is 0 Å². The van der Waals surface area contributed by atoms with E-state index in [0.717, 1.165) is 38.5 Å². The molecule has 17 unspecified atom stereocenters. The Morgan fingerprint density at radius 1 is 0.347 bits per heavy atom. The maximum atomic E-state index is 13.5. The van der Waals surface area contributed by atoms with Gasteiger partial charge in [0.1, 0.15) is 73.2 Å². The van der Waals surface area contributed by atoms with Crippen LogP contribution in [0.5, 0.6) is 0 Å². The highest BCUT2D eigenvalue weighted by Gasteiger charge is 2.54. The number of hydrogen-bond donors (Lipinski definition) is 12. The van der Waals surface area contributed by atoms with Gasteiger partial charge in [0.15, 0.2) is 18.9 Å². The fraction of sp³-hybridized carbons (Fsp3) is 0.939. The van der Waals surface area contributed by atoms with Gasteiger partial charge in [-0.15, -0.1) is 0 Å². The molecule has 0 bridgehead atoms. The van der Waals surface area contributed by atoms with Crippen LogP contribution in [0.3, 0.4) is 0 Å². The van der Waals surface area contributed by atoms with Crippen molar-refractivity contribution in [2.75, 3.05) is 26.4 Å². The maximum absolute atomic E-state index is 13.5. The minimum Gasteiger partial charge on any atom is -0.394 e. The van der Waals surface area contributed by atoms with Crippen molar-refractivity contribution in [2.45, 2.75) is 465 Å². The zero-order chi connectivity index (χ0) is 73.2. The van der Waals surface area contributed by atoms with Gasteiger partial charge in [-0.25, -0.2) is 0 Å². The van der Waals surface area contributed by atoms with Crippen LogP contribution in [-0.4, -0.2) is 193 Å². The number of amides is 1. The van der Waals surface area contributed by atoms with E-state index in [1.165, 1.54) is 289 Å². The Morgan fingerprint density at radius 2 is 0.634 bits per heavy atom. The minimum absolute atomic E-state index is 0.241. The molecule has 0 aromatic rings. The minimum atomic E-state index is -1.98. The first-order valence-electron chi connectivity index (χ1n) is 42.1. The second kappa shape index (κ2) is 63.2. The van der Waals surface area contributed by atoms with Crippen LogP contribution >= 0.6 is 0 Å². The number of allylic oxidation sites excluding steroid dienone is 3. The van der Waals surface area contributed by atoms with Crippen molar-refractivity contribution in [2.24, 2.45) is 0 Å². The molecule has 3 rings (SSSR count). The van der Waals surface area contributed by atoms with E-state index in [4.69, 9.17) is 28.4 Å². The van der Waals surface area contributed by atoms with E-state index < -0.39 is 124 Å². The molecule has 0 spiro atoms. The zero-order valence-electron chi connectivity index (χ0n) is 63.9. The molecule has 3 aliphatic heterocycles. The van der Waals surface area contributed by atoms with Gasteiger partial charge in [0.05, 0.1) is 38.6 Å². The van der Waals surface area contributed by atoms with Crippen LogP contribution in [0, 0.1) is 0 Å². The first kappa shape index (κ1) is 93.5. The molecule has 19 nitrogen and oxygen atoms in total. The van der Waals surface area contributed by atoms with Crippen LogP contribution in [0.2, 0.25) is 0 Å². The Bertz CT molecular complexity index is 1920. The van der Waals surface area contributed by atoms with Crippen LogP contribution in [-0.2, 0) is 33.2 Å². The molecule has 19 heteroatoms. The van der Waals surface area contributed by atoms with E-state index in [2.05, 4.69) is 31.3 Å². The zero-order valence-corrected chi connectivity index (χ0v) is 63.9. The van der Waals surface area contributed by atoms with Crippen molar-refractivity contribution >= 4 is 5.91 Å². The van der Waals surface area contributed by atoms with Crippen molar-refractivity contribution in [3.63, 3.8) is 0 Å². The van der Waals surface area contributed by atoms with Gasteiger partial charge in [-0.3, -0.25) is 4.79 Å². The number of aliphatic hydroxyl groups excluding tert-OH is 11. The van der Waals surface area contributed by atoms with Gasteiger partial charge in [0, 0.05) is 6.42 Å². The summed E-state index contributed by atoms with van der Waals surface area (Å²) in [6.45, 7) is 1.79. The summed E-state index contributed by atoms with van der Waals surface area (Å²) in [4.78, 5) is 13.5. The number of nitrogens with one attached hydrogen (secondary N) is 1. The van der Waals surface area contributed by atoms with Crippen molar-refractivity contribution in [1.29, 1.82) is 0 Å². The number of aliphatic hydroxyl groups is 11. The van der Waals surface area contributed by atoms with Gasteiger partial charge in [0.2, 0.25) is 5.91 Å². The van der Waals surface area contributed by atoms with Gasteiger partial charge < -0.3 is 89.9 Å². The summed E-state index contributed by atoms with van der Waals surface area (Å²) in [5.41, 5.74) is 0. The molecule has 0 aromatic carbocycles. The second-order valence-electron chi connectivity index (χ2n) is 30.3. The molecule has 0 aromatic heterocycles. The lowest BCUT2D eigenvalue weighted by atomic mass is 9.96. The van der Waals surface area contributed by atoms with E-state index >= 15 is 0 Å². The van der Waals surface area contributed by atoms with Crippen LogP contribution in [0.1, 0.15) is 361 Å². The van der Waals surface area contributed by atoms with Gasteiger partial charge in [0.25, 0.3) is 0 Å². The Morgan fingerprint density at radius 3 is 0.990 bits per heavy atom. The summed E-state index contributed by atoms with van der Waals surface area (Å²) in [7, 11) is 0. The molecule has 3 aliphatic rings. The molecule has 0 saturated carbocycles. The molecule has 3 saturated heterocycles. The first-order valence-corrected chi connectivity index (χ1v) is 42.1. The van der Waals surface area contributed by atoms with E-state index in [-0.39, 0.29) is 18.9 Å². The number of carbonyl (C=O) groups excluding carboxylic acids is 1. The number of hydrogen-bond acceptors (Lipinski definition) is 18. The smallest absolute Gasteiger partial charge is 0.220 e. The normalized spacial score (nSPS) is 26.4. The lowest BCUT2D eigenvalue weighted by Crippen LogP contribution is -2.66. The Kier molecular flexibility index (Phi) is 58.5. The van der Waals surface area contributed by atoms with E-state index in [1.54, 1.807) is 6.08 Å². The fourth-order valence-corrected chi connectivity index (χ4v) is 14.5. The van der Waals surface area contributed by atoms with Crippen LogP contribution < -0.4 is 5.32 Å². The maximum Gasteiger partial charge on any atom is 0.220 e. The molecule has 596 valence electrons. The molecule has 12 N–H and O–H groups in total. The van der Waals surface area contributed by atoms with Gasteiger partial charge >= 0.3 is 0 Å². The van der Waals surface area contributed by atoms with Crippen LogP contribution in [0.25, 0.3) is 0 Å². The fourth-order valence-electron chi connectivity index (χ4n) is 14.5. The van der Waals surface area contributed by atoms with Gasteiger partial charge in [-0.05, 0) is 32.1 Å². The average molecular weight is 1440 g/mol. The monoisotopic (exact) mass is 1440 g/mol. The molecule has 17 atom stereocenters. The quantitative estimate of drug-likeness (QED) is 0.0199. The summed E-state index contributed by atoms with van der Waals surface area (Å²) in [6.07, 6.45) is 50.4. The van der Waals surface area contributed by atoms with Gasteiger partial charge in [-0.1, -0.05) is 346 Å². The highest BCUT2D eigenvalue weighted by Crippen LogP contribution is 2.33. The Balaban J connectivity index is 1.37. The SMILES string of the molecule is CCCCCCCCCCCCCCCCCCCCCCCCCCC/C=C/CC/C=C/C(O)C(COC1OC(CO)C(OC2OC(CO)C(OC3OC(CO)C(O)C(O)C3O)C(O)C2O)C(O)C1O)NC(=O)CCCCCCCCCCCCCCCCCCCCCCCCCCC. The predicted octanol–water partition coefficient (Wildman–Crippen LogP) is 14.5. The van der Waals surface area contributed by atoms with E-state index in [0.29, 0.717) is 12.8 Å². The molecule has 3 heterocycles. The highest BCUT2D eigenvalue weighted by atomic mass is 16.8. The van der Waals surface area contributed by atoms with E-state index in [9.17, 15) is 61.0 Å². The average Bonchev–Trinajstić information content (AvgIpc) is 0.797. The lowest BCUT2D eigenvalue weighted by molar-refractivity contribution is -0.379. The summed E-state index contributed by atoms with van der Waals surface area (Å²) < 4.78 is 34.5. The Hall–Kier alpha value is -1.73. The molecule has 3 fully saturated rings. The van der Waals surface area contributed by atoms with Crippen molar-refractivity contribution in [3.8, 4) is 0 Å². The summed E-state index contributed by atoms with van der Waals surface area (Å²) in [5.74, 6) is -0.277. The number of carbonyl (C=O) groups is 1. The lowest BCUT2D eigenvalue weighted by Gasteiger charge is -2.48. The highest BCUT2D eigenvalue weighted by molar-refractivity contribution is 5.76. The molecule has 101 heavy (non-hydrogen) atoms. The molecule has 1 amide bonds. The van der Waals surface area contributed by atoms with Crippen molar-refractivity contribution in [3.05, 3.63) is 24.3 Å². The topological polar surface area (TPSA) is 307 Å². The first-order chi connectivity index (χ1) is 49.3. The predicted molar refractivity (Wildman–Crippen MR) is 402 cm³/mol. The number of rotatable bonds is 68. The van der Waals surface area contributed by atoms with Crippen molar-refractivity contribution < 1.29 is 89.4 Å². The van der Waals surface area contributed by atoms with Crippen LogP contribution in [0.15, 0.2) is 24.3 Å². The molecular weight excluding hydrogens is 1290 g/mol. The molecule has 0 aliphatic carbocycles. The standard InChI is InChI=1S/C82H155NO18/c1-3-5-7-9-11-13-15-17-19-21-23-25-27-29-30-31-32-33-34-36-37-39-41-43-45-47-49-51-53-55-57-59-66(87)65(83-70(88)60-58-56-54-52-50-48-46-44-42-40-38-35-28-26-24-22-20-18-16-14-12-10-8-6-4-2)64-96-80-76(94)73(91)78(68(62-85)98-80)101-82-77(95)74(92)79(69(63-86)99-82)100-81-75(93)72(90)71(89)67(61-84)97-81/h49,51,57,59,65-69,71-82,84-87,89-95H,3-48,50,52-56,58,60-64H2,1-2H3,(H,83,88)/b51-49+,59-57+. The number of unbranched alkanes of at least 4 members (excludes halogenated alkanes) is 50. The molecular formula is C82H155NO18. The molecule has 0 radical (unpaired) electrons. The van der Waals surface area contributed by atoms with Crippen LogP contribution in [0.4, 0.5) is 0 Å². The summed E-state index contributed by atoms with van der Waals surface area (Å²) >= 11 is 0.